The van der Waals surface area contributed by atoms with E-state index in [1.807, 2.05) is 32.0 Å². The van der Waals surface area contributed by atoms with E-state index in [-0.39, 0.29) is 11.3 Å². The topological polar surface area (TPSA) is 88.8 Å². The van der Waals surface area contributed by atoms with Gasteiger partial charge in [-0.05, 0) is 49.2 Å². The molecule has 0 saturated carbocycles. The van der Waals surface area contributed by atoms with E-state index in [0.717, 1.165) is 11.1 Å². The molecule has 2 amide bonds. The summed E-state index contributed by atoms with van der Waals surface area (Å²) >= 11 is 1.42. The Kier molecular flexibility index (Phi) is 6.08. The number of ether oxygens (including phenoxy) is 1. The predicted octanol–water partition coefficient (Wildman–Crippen LogP) is 3.04. The van der Waals surface area contributed by atoms with E-state index in [0.29, 0.717) is 17.2 Å². The zero-order chi connectivity index (χ0) is 20.3. The molecule has 2 atom stereocenters. The molecule has 7 nitrogen and oxygen atoms in total. The number of hydrogen-bond acceptors (Lipinski definition) is 6. The first-order valence-electron chi connectivity index (χ1n) is 8.84. The number of anilines is 1. The van der Waals surface area contributed by atoms with E-state index in [4.69, 9.17) is 9.15 Å². The van der Waals surface area contributed by atoms with Gasteiger partial charge >= 0.3 is 5.97 Å². The van der Waals surface area contributed by atoms with Crippen LogP contribution < -0.4 is 5.32 Å². The summed E-state index contributed by atoms with van der Waals surface area (Å²) in [6.07, 6.45) is 1.53. The normalized spacial score (nSPS) is 18.8. The van der Waals surface area contributed by atoms with Gasteiger partial charge in [0.25, 0.3) is 5.91 Å². The molecule has 0 aliphatic carbocycles. The van der Waals surface area contributed by atoms with Crippen LogP contribution in [0.3, 0.4) is 0 Å². The second-order valence-corrected chi connectivity index (χ2v) is 7.79. The maximum absolute atomic E-state index is 12.5. The lowest BCUT2D eigenvalue weighted by Gasteiger charge is -2.25. The van der Waals surface area contributed by atoms with Gasteiger partial charge in [-0.2, -0.15) is 0 Å². The Morgan fingerprint density at radius 1 is 1.25 bits per heavy atom. The molecule has 1 saturated heterocycles. The fraction of sp³-hybridized carbons (Fsp3) is 0.350. The average molecular weight is 402 g/mol. The lowest BCUT2D eigenvalue weighted by Crippen LogP contribution is -2.43. The minimum absolute atomic E-state index is 0.256. The summed E-state index contributed by atoms with van der Waals surface area (Å²) in [5.41, 5.74) is 2.70. The Labute approximate surface area is 167 Å². The van der Waals surface area contributed by atoms with Gasteiger partial charge in [-0.15, -0.1) is 11.8 Å². The molecule has 28 heavy (non-hydrogen) atoms. The van der Waals surface area contributed by atoms with E-state index in [9.17, 15) is 14.4 Å². The van der Waals surface area contributed by atoms with Gasteiger partial charge in [0, 0.05) is 18.4 Å². The van der Waals surface area contributed by atoms with Crippen LogP contribution in [0.15, 0.2) is 41.0 Å². The maximum Gasteiger partial charge on any atom is 0.330 e. The SMILES string of the molecule is CC(=O)N1[C@@H](C(=O)OCC(=O)Nc2cc(C)cc(C)c2)CS[C@H]1c1ccco1. The number of carbonyl (C=O) groups excluding carboxylic acids is 3. The van der Waals surface area contributed by atoms with Crippen molar-refractivity contribution in [1.82, 2.24) is 4.90 Å². The molecule has 0 bridgehead atoms. The number of benzene rings is 1. The van der Waals surface area contributed by atoms with Crippen molar-refractivity contribution in [3.05, 3.63) is 53.5 Å². The molecular formula is C20H22N2O5S. The third kappa shape index (κ3) is 4.56. The molecule has 0 spiro atoms. The van der Waals surface area contributed by atoms with Crippen LogP contribution in [-0.2, 0) is 19.1 Å². The standard InChI is InChI=1S/C20H22N2O5S/c1-12-7-13(2)9-15(8-12)21-18(24)10-27-20(25)16-11-28-19(22(16)14(3)23)17-5-4-6-26-17/h4-9,16,19H,10-11H2,1-3H3,(H,21,24)/t16-,19+/m1/s1. The summed E-state index contributed by atoms with van der Waals surface area (Å²) in [6, 6.07) is 8.42. The summed E-state index contributed by atoms with van der Waals surface area (Å²) in [6.45, 7) is 4.86. The van der Waals surface area contributed by atoms with E-state index in [1.165, 1.54) is 29.8 Å². The van der Waals surface area contributed by atoms with Crippen molar-refractivity contribution in [2.75, 3.05) is 17.7 Å². The highest BCUT2D eigenvalue weighted by Gasteiger charge is 2.43. The van der Waals surface area contributed by atoms with Crippen LogP contribution in [0.1, 0.15) is 29.2 Å². The van der Waals surface area contributed by atoms with Crippen LogP contribution in [0.5, 0.6) is 0 Å². The minimum atomic E-state index is -0.758. The average Bonchev–Trinajstić information content (AvgIpc) is 3.27. The van der Waals surface area contributed by atoms with Crippen LogP contribution in [0.25, 0.3) is 0 Å². The number of amides is 2. The number of hydrogen-bond donors (Lipinski definition) is 1. The Hall–Kier alpha value is -2.74. The molecule has 1 aliphatic rings. The summed E-state index contributed by atoms with van der Waals surface area (Å²) < 4.78 is 10.6. The number of thioether (sulfide) groups is 1. The van der Waals surface area contributed by atoms with Crippen molar-refractivity contribution in [2.45, 2.75) is 32.2 Å². The fourth-order valence-corrected chi connectivity index (χ4v) is 4.62. The second-order valence-electron chi connectivity index (χ2n) is 6.68. The first-order chi connectivity index (χ1) is 13.3. The molecule has 1 aliphatic heterocycles. The minimum Gasteiger partial charge on any atom is -0.466 e. The second kappa shape index (κ2) is 8.52. The summed E-state index contributed by atoms with van der Waals surface area (Å²) in [5, 5.41) is 2.34. The van der Waals surface area contributed by atoms with Crippen molar-refractivity contribution >= 4 is 35.2 Å². The van der Waals surface area contributed by atoms with Crippen molar-refractivity contribution in [3.8, 4) is 0 Å². The molecule has 0 unspecified atom stereocenters. The highest BCUT2D eigenvalue weighted by atomic mass is 32.2. The van der Waals surface area contributed by atoms with E-state index < -0.39 is 24.5 Å². The Morgan fingerprint density at radius 3 is 2.57 bits per heavy atom. The number of furan rings is 1. The Morgan fingerprint density at radius 2 is 1.96 bits per heavy atom. The maximum atomic E-state index is 12.5. The van der Waals surface area contributed by atoms with Crippen molar-refractivity contribution < 1.29 is 23.5 Å². The molecule has 1 aromatic heterocycles. The zero-order valence-electron chi connectivity index (χ0n) is 15.9. The molecule has 148 valence electrons. The van der Waals surface area contributed by atoms with Crippen LogP contribution in [0.4, 0.5) is 5.69 Å². The summed E-state index contributed by atoms with van der Waals surface area (Å²) in [4.78, 5) is 38.2. The Balaban J connectivity index is 1.59. The number of esters is 1. The fourth-order valence-electron chi connectivity index (χ4n) is 3.20. The number of carbonyl (C=O) groups is 3. The molecule has 1 aromatic carbocycles. The van der Waals surface area contributed by atoms with Gasteiger partial charge in [0.05, 0.1) is 6.26 Å². The first kappa shape index (κ1) is 20.0. The number of rotatable bonds is 5. The van der Waals surface area contributed by atoms with Crippen molar-refractivity contribution in [2.24, 2.45) is 0 Å². The largest absolute Gasteiger partial charge is 0.466 e. The molecule has 1 N–H and O–H groups in total. The molecule has 2 aromatic rings. The van der Waals surface area contributed by atoms with Crippen LogP contribution in [-0.4, -0.2) is 41.1 Å². The number of nitrogens with zero attached hydrogens (tertiary/aromatic N) is 1. The lowest BCUT2D eigenvalue weighted by atomic mass is 10.1. The molecular weight excluding hydrogens is 380 g/mol. The quantitative estimate of drug-likeness (QED) is 0.774. The lowest BCUT2D eigenvalue weighted by molar-refractivity contribution is -0.155. The highest BCUT2D eigenvalue weighted by Crippen LogP contribution is 2.41. The predicted molar refractivity (Wildman–Crippen MR) is 106 cm³/mol. The van der Waals surface area contributed by atoms with E-state index in [2.05, 4.69) is 5.32 Å². The zero-order valence-corrected chi connectivity index (χ0v) is 16.7. The van der Waals surface area contributed by atoms with Gasteiger partial charge < -0.3 is 19.4 Å². The van der Waals surface area contributed by atoms with Crippen molar-refractivity contribution in [1.29, 1.82) is 0 Å². The molecule has 2 heterocycles. The molecule has 3 rings (SSSR count). The van der Waals surface area contributed by atoms with E-state index in [1.54, 1.807) is 12.1 Å². The van der Waals surface area contributed by atoms with Gasteiger partial charge in [0.2, 0.25) is 5.91 Å². The Bertz CT molecular complexity index is 860. The van der Waals surface area contributed by atoms with Crippen molar-refractivity contribution in [3.63, 3.8) is 0 Å². The van der Waals surface area contributed by atoms with Crippen LogP contribution >= 0.6 is 11.8 Å². The highest BCUT2D eigenvalue weighted by molar-refractivity contribution is 7.99. The monoisotopic (exact) mass is 402 g/mol. The van der Waals surface area contributed by atoms with Gasteiger partial charge in [-0.25, -0.2) is 4.79 Å². The van der Waals surface area contributed by atoms with Gasteiger partial charge in [0.15, 0.2) is 6.61 Å². The van der Waals surface area contributed by atoms with Crippen LogP contribution in [0, 0.1) is 13.8 Å². The number of nitrogens with one attached hydrogen (secondary N) is 1. The molecule has 8 heteroatoms. The van der Waals surface area contributed by atoms with E-state index >= 15 is 0 Å². The smallest absolute Gasteiger partial charge is 0.330 e. The van der Waals surface area contributed by atoms with Gasteiger partial charge in [-0.3, -0.25) is 9.59 Å². The third-order valence-electron chi connectivity index (χ3n) is 4.27. The van der Waals surface area contributed by atoms with Gasteiger partial charge in [-0.1, -0.05) is 6.07 Å². The molecule has 1 fully saturated rings. The third-order valence-corrected chi connectivity index (χ3v) is 5.56. The number of aryl methyl sites for hydroxylation is 2. The van der Waals surface area contributed by atoms with Gasteiger partial charge in [0.1, 0.15) is 17.2 Å². The summed E-state index contributed by atoms with van der Waals surface area (Å²) in [7, 11) is 0. The molecule has 0 radical (unpaired) electrons. The first-order valence-corrected chi connectivity index (χ1v) is 9.88. The summed E-state index contributed by atoms with van der Waals surface area (Å²) in [5.74, 6) is -0.313. The van der Waals surface area contributed by atoms with Crippen LogP contribution in [0.2, 0.25) is 0 Å².